The van der Waals surface area contributed by atoms with Crippen molar-refractivity contribution >= 4 is 17.3 Å². The van der Waals surface area contributed by atoms with Crippen LogP contribution in [0.2, 0.25) is 0 Å². The first kappa shape index (κ1) is 15.4. The van der Waals surface area contributed by atoms with Gasteiger partial charge in [0.05, 0.1) is 6.61 Å². The van der Waals surface area contributed by atoms with E-state index in [1.165, 1.54) is 0 Å². The maximum Gasteiger partial charge on any atom is 0.411 e. The van der Waals surface area contributed by atoms with E-state index in [0.29, 0.717) is 11.0 Å². The number of alkyl halides is 3. The minimum Gasteiger partial charge on any atom is -0.370 e. The van der Waals surface area contributed by atoms with Crippen LogP contribution in [0.25, 0.3) is 0 Å². The largest absolute Gasteiger partial charge is 0.411 e. The van der Waals surface area contributed by atoms with Crippen molar-refractivity contribution in [3.63, 3.8) is 0 Å². The number of hydrogen-bond donors (Lipinski definition) is 2. The molecule has 0 aliphatic heterocycles. The molecule has 0 fully saturated rings. The minimum absolute atomic E-state index is 0.0248. The molecule has 0 heterocycles. The van der Waals surface area contributed by atoms with Crippen molar-refractivity contribution in [1.29, 1.82) is 0 Å². The molecule has 0 saturated heterocycles. The molecular formula is C9H17F3N2OS. The topological polar surface area (TPSA) is 33.3 Å². The lowest BCUT2D eigenvalue weighted by atomic mass is 10.2. The Morgan fingerprint density at radius 3 is 2.44 bits per heavy atom. The van der Waals surface area contributed by atoms with Gasteiger partial charge in [-0.25, -0.2) is 0 Å². The van der Waals surface area contributed by atoms with Gasteiger partial charge in [-0.05, 0) is 18.1 Å². The first-order valence-electron chi connectivity index (χ1n) is 4.97. The van der Waals surface area contributed by atoms with E-state index >= 15 is 0 Å². The van der Waals surface area contributed by atoms with Crippen LogP contribution < -0.4 is 10.6 Å². The van der Waals surface area contributed by atoms with Crippen molar-refractivity contribution in [1.82, 2.24) is 10.6 Å². The lowest BCUT2D eigenvalue weighted by Crippen LogP contribution is -2.39. The van der Waals surface area contributed by atoms with Gasteiger partial charge in [0, 0.05) is 13.1 Å². The summed E-state index contributed by atoms with van der Waals surface area (Å²) in [6.45, 7) is 3.81. The van der Waals surface area contributed by atoms with Crippen LogP contribution in [0.15, 0.2) is 0 Å². The Labute approximate surface area is 98.7 Å². The van der Waals surface area contributed by atoms with Crippen molar-refractivity contribution < 1.29 is 17.9 Å². The van der Waals surface area contributed by atoms with E-state index in [9.17, 15) is 13.2 Å². The molecule has 0 aromatic carbocycles. The number of thiocarbonyl (C=S) groups is 1. The van der Waals surface area contributed by atoms with Gasteiger partial charge in [-0.3, -0.25) is 0 Å². The quantitative estimate of drug-likeness (QED) is 0.561. The van der Waals surface area contributed by atoms with Gasteiger partial charge in [0.25, 0.3) is 0 Å². The fourth-order valence-corrected chi connectivity index (χ4v) is 0.969. The Bertz CT molecular complexity index is 209. The van der Waals surface area contributed by atoms with E-state index in [-0.39, 0.29) is 13.2 Å². The molecular weight excluding hydrogens is 241 g/mol. The summed E-state index contributed by atoms with van der Waals surface area (Å²) in [5.74, 6) is 0.459. The van der Waals surface area contributed by atoms with Crippen LogP contribution in [0.5, 0.6) is 0 Å². The second-order valence-corrected chi connectivity index (χ2v) is 4.11. The molecule has 0 amide bonds. The Balaban J connectivity index is 3.35. The Morgan fingerprint density at radius 1 is 1.31 bits per heavy atom. The highest BCUT2D eigenvalue weighted by Crippen LogP contribution is 2.13. The molecule has 0 aliphatic rings. The van der Waals surface area contributed by atoms with Crippen molar-refractivity contribution in [2.24, 2.45) is 5.92 Å². The minimum atomic E-state index is -4.27. The third-order valence-corrected chi connectivity index (χ3v) is 1.76. The molecule has 0 bridgehead atoms. The van der Waals surface area contributed by atoms with Crippen molar-refractivity contribution in [3.8, 4) is 0 Å². The highest BCUT2D eigenvalue weighted by molar-refractivity contribution is 7.80. The summed E-state index contributed by atoms with van der Waals surface area (Å²) in [5, 5.41) is 6.12. The summed E-state index contributed by atoms with van der Waals surface area (Å²) >= 11 is 4.90. The maximum atomic E-state index is 11.7. The summed E-state index contributed by atoms with van der Waals surface area (Å²) in [4.78, 5) is 0. The first-order chi connectivity index (χ1) is 7.31. The molecule has 0 saturated carbocycles. The second kappa shape index (κ2) is 7.67. The second-order valence-electron chi connectivity index (χ2n) is 3.70. The number of hydrogen-bond acceptors (Lipinski definition) is 2. The van der Waals surface area contributed by atoms with Gasteiger partial charge in [-0.1, -0.05) is 13.8 Å². The average Bonchev–Trinajstić information content (AvgIpc) is 2.12. The van der Waals surface area contributed by atoms with Crippen LogP contribution >= 0.6 is 12.2 Å². The van der Waals surface area contributed by atoms with E-state index in [1.807, 2.05) is 13.8 Å². The van der Waals surface area contributed by atoms with Gasteiger partial charge < -0.3 is 15.4 Å². The van der Waals surface area contributed by atoms with Crippen LogP contribution in [-0.2, 0) is 4.74 Å². The molecule has 96 valence electrons. The van der Waals surface area contributed by atoms with E-state index < -0.39 is 12.8 Å². The van der Waals surface area contributed by atoms with Crippen LogP contribution in [0.4, 0.5) is 13.2 Å². The first-order valence-corrected chi connectivity index (χ1v) is 5.38. The predicted octanol–water partition coefficient (Wildman–Crippen LogP) is 1.69. The molecule has 0 radical (unpaired) electrons. The fourth-order valence-electron chi connectivity index (χ4n) is 0.784. The van der Waals surface area contributed by atoms with Crippen LogP contribution in [0, 0.1) is 5.92 Å². The summed E-state index contributed by atoms with van der Waals surface area (Å²) < 4.78 is 39.4. The van der Waals surface area contributed by atoms with Crippen molar-refractivity contribution in [3.05, 3.63) is 0 Å². The lowest BCUT2D eigenvalue weighted by molar-refractivity contribution is -0.173. The number of halogens is 3. The maximum absolute atomic E-state index is 11.7. The van der Waals surface area contributed by atoms with E-state index in [0.717, 1.165) is 6.54 Å². The van der Waals surface area contributed by atoms with Gasteiger partial charge >= 0.3 is 6.18 Å². The van der Waals surface area contributed by atoms with Gasteiger partial charge in [-0.2, -0.15) is 13.2 Å². The normalized spacial score (nSPS) is 11.6. The molecule has 0 unspecified atom stereocenters. The molecule has 2 N–H and O–H groups in total. The molecule has 0 aromatic rings. The van der Waals surface area contributed by atoms with Gasteiger partial charge in [0.1, 0.15) is 6.61 Å². The zero-order chi connectivity index (χ0) is 12.6. The van der Waals surface area contributed by atoms with Gasteiger partial charge in [0.2, 0.25) is 0 Å². The summed E-state index contributed by atoms with van der Waals surface area (Å²) in [6.07, 6.45) is -4.27. The van der Waals surface area contributed by atoms with Crippen LogP contribution in [-0.4, -0.2) is 37.6 Å². The van der Waals surface area contributed by atoms with Crippen LogP contribution in [0.1, 0.15) is 13.8 Å². The average molecular weight is 258 g/mol. The number of ether oxygens (including phenoxy) is 1. The smallest absolute Gasteiger partial charge is 0.370 e. The molecule has 16 heavy (non-hydrogen) atoms. The number of nitrogens with one attached hydrogen (secondary N) is 2. The summed E-state index contributed by atoms with van der Waals surface area (Å²) in [5.41, 5.74) is 0. The van der Waals surface area contributed by atoms with Gasteiger partial charge in [0.15, 0.2) is 5.11 Å². The SMILES string of the molecule is CC(C)CNC(=S)NCCOCC(F)(F)F. The van der Waals surface area contributed by atoms with Crippen molar-refractivity contribution in [2.45, 2.75) is 20.0 Å². The summed E-state index contributed by atoms with van der Waals surface area (Å²) in [6, 6.07) is 0. The van der Waals surface area contributed by atoms with Crippen molar-refractivity contribution in [2.75, 3.05) is 26.3 Å². The Hall–Kier alpha value is -0.560. The number of rotatable bonds is 6. The van der Waals surface area contributed by atoms with E-state index in [1.54, 1.807) is 0 Å². The molecule has 3 nitrogen and oxygen atoms in total. The fraction of sp³-hybridized carbons (Fsp3) is 0.889. The predicted molar refractivity (Wildman–Crippen MR) is 60.3 cm³/mol. The zero-order valence-electron chi connectivity index (χ0n) is 9.36. The molecule has 0 aliphatic carbocycles. The van der Waals surface area contributed by atoms with E-state index in [2.05, 4.69) is 15.4 Å². The highest BCUT2D eigenvalue weighted by Gasteiger charge is 2.27. The Morgan fingerprint density at radius 2 is 1.94 bits per heavy atom. The highest BCUT2D eigenvalue weighted by atomic mass is 32.1. The lowest BCUT2D eigenvalue weighted by Gasteiger charge is -2.12. The molecule has 0 atom stereocenters. The molecule has 0 aromatic heterocycles. The zero-order valence-corrected chi connectivity index (χ0v) is 10.2. The monoisotopic (exact) mass is 258 g/mol. The molecule has 7 heteroatoms. The molecule has 0 spiro atoms. The standard InChI is InChI=1S/C9H17F3N2OS/c1-7(2)5-14-8(16)13-3-4-15-6-9(10,11)12/h7H,3-6H2,1-2H3,(H2,13,14,16). The molecule has 0 rings (SSSR count). The third kappa shape index (κ3) is 11.5. The van der Waals surface area contributed by atoms with Gasteiger partial charge in [-0.15, -0.1) is 0 Å². The third-order valence-electron chi connectivity index (χ3n) is 1.47. The Kier molecular flexibility index (Phi) is 7.40. The van der Waals surface area contributed by atoms with E-state index in [4.69, 9.17) is 12.2 Å². The van der Waals surface area contributed by atoms with Crippen LogP contribution in [0.3, 0.4) is 0 Å². The summed E-state index contributed by atoms with van der Waals surface area (Å²) in [7, 11) is 0.